The standard InChI is InChI=1S/C17H17ClFN5O/c1-2-3-4-5-24-9-22-13-7-10(12(19)6-11(13)17(24)25)14-8-21-15(18)16(20)23-14/h6-9H,2-5H2,1H3,(H2,20,23). The Kier molecular flexibility index (Phi) is 4.94. The van der Waals surface area contributed by atoms with Crippen LogP contribution in [0.1, 0.15) is 26.2 Å². The van der Waals surface area contributed by atoms with Gasteiger partial charge in [-0.1, -0.05) is 31.4 Å². The molecule has 0 bridgehead atoms. The number of aromatic nitrogens is 4. The van der Waals surface area contributed by atoms with E-state index in [1.54, 1.807) is 0 Å². The van der Waals surface area contributed by atoms with Gasteiger partial charge >= 0.3 is 0 Å². The van der Waals surface area contributed by atoms with E-state index in [1.165, 1.54) is 29.2 Å². The Morgan fingerprint density at radius 3 is 2.80 bits per heavy atom. The number of benzene rings is 1. The zero-order chi connectivity index (χ0) is 18.0. The zero-order valence-corrected chi connectivity index (χ0v) is 14.4. The highest BCUT2D eigenvalue weighted by Crippen LogP contribution is 2.26. The van der Waals surface area contributed by atoms with Crippen molar-refractivity contribution in [2.24, 2.45) is 0 Å². The lowest BCUT2D eigenvalue weighted by atomic mass is 10.1. The third-order valence-corrected chi connectivity index (χ3v) is 4.24. The molecule has 0 saturated carbocycles. The van der Waals surface area contributed by atoms with Crippen molar-refractivity contribution in [1.29, 1.82) is 0 Å². The summed E-state index contributed by atoms with van der Waals surface area (Å²) in [6, 6.07) is 2.66. The number of fused-ring (bicyclic) bond motifs is 1. The summed E-state index contributed by atoms with van der Waals surface area (Å²) in [4.78, 5) is 24.7. The van der Waals surface area contributed by atoms with Crippen molar-refractivity contribution in [1.82, 2.24) is 19.5 Å². The lowest BCUT2D eigenvalue weighted by Crippen LogP contribution is -2.21. The summed E-state index contributed by atoms with van der Waals surface area (Å²) in [5.41, 5.74) is 6.16. The highest BCUT2D eigenvalue weighted by Gasteiger charge is 2.14. The first-order valence-corrected chi connectivity index (χ1v) is 8.36. The van der Waals surface area contributed by atoms with Gasteiger partial charge in [-0.2, -0.15) is 0 Å². The van der Waals surface area contributed by atoms with Crippen molar-refractivity contribution >= 4 is 28.3 Å². The molecule has 0 aliphatic heterocycles. The molecule has 2 aromatic heterocycles. The predicted molar refractivity (Wildman–Crippen MR) is 95.9 cm³/mol. The Bertz CT molecular complexity index is 989. The molecule has 0 saturated heterocycles. The molecule has 0 unspecified atom stereocenters. The molecule has 0 aliphatic carbocycles. The molecule has 0 aliphatic rings. The second-order valence-electron chi connectivity index (χ2n) is 5.73. The Hall–Kier alpha value is -2.54. The minimum Gasteiger partial charge on any atom is -0.381 e. The van der Waals surface area contributed by atoms with Gasteiger partial charge in [0.2, 0.25) is 0 Å². The maximum absolute atomic E-state index is 14.5. The summed E-state index contributed by atoms with van der Waals surface area (Å²) in [6.45, 7) is 2.66. The van der Waals surface area contributed by atoms with Crippen molar-refractivity contribution < 1.29 is 4.39 Å². The van der Waals surface area contributed by atoms with Gasteiger partial charge in [0.1, 0.15) is 5.82 Å². The van der Waals surface area contributed by atoms with Crippen LogP contribution in [0.2, 0.25) is 5.15 Å². The highest BCUT2D eigenvalue weighted by atomic mass is 35.5. The summed E-state index contributed by atoms with van der Waals surface area (Å²) in [6.07, 6.45) is 5.77. The third kappa shape index (κ3) is 3.46. The molecule has 0 fully saturated rings. The average Bonchev–Trinajstić information content (AvgIpc) is 2.60. The number of nitrogens with two attached hydrogens (primary N) is 1. The Balaban J connectivity index is 2.06. The first-order chi connectivity index (χ1) is 12.0. The second kappa shape index (κ2) is 7.14. The van der Waals surface area contributed by atoms with Gasteiger partial charge in [-0.25, -0.2) is 19.3 Å². The molecule has 130 valence electrons. The molecule has 0 amide bonds. The van der Waals surface area contributed by atoms with Crippen LogP contribution in [0.3, 0.4) is 0 Å². The fourth-order valence-corrected chi connectivity index (χ4v) is 2.68. The van der Waals surface area contributed by atoms with E-state index in [1.807, 2.05) is 0 Å². The fourth-order valence-electron chi connectivity index (χ4n) is 2.59. The summed E-state index contributed by atoms with van der Waals surface area (Å²) >= 11 is 5.74. The van der Waals surface area contributed by atoms with Crippen LogP contribution in [-0.2, 0) is 6.54 Å². The highest BCUT2D eigenvalue weighted by molar-refractivity contribution is 6.31. The van der Waals surface area contributed by atoms with E-state index in [-0.39, 0.29) is 33.2 Å². The van der Waals surface area contributed by atoms with Gasteiger partial charge in [0.05, 0.1) is 29.1 Å². The summed E-state index contributed by atoms with van der Waals surface area (Å²) in [5, 5.41) is 0.285. The third-order valence-electron chi connectivity index (χ3n) is 3.94. The average molecular weight is 362 g/mol. The van der Waals surface area contributed by atoms with Gasteiger partial charge in [0.25, 0.3) is 5.56 Å². The van der Waals surface area contributed by atoms with Crippen LogP contribution in [-0.4, -0.2) is 19.5 Å². The van der Waals surface area contributed by atoms with Gasteiger partial charge in [0, 0.05) is 12.1 Å². The van der Waals surface area contributed by atoms with E-state index in [0.29, 0.717) is 12.1 Å². The molecular formula is C17H17ClFN5O. The molecular weight excluding hydrogens is 345 g/mol. The molecule has 6 nitrogen and oxygen atoms in total. The van der Waals surface area contributed by atoms with Crippen molar-refractivity contribution in [3.8, 4) is 11.3 Å². The molecule has 1 aromatic carbocycles. The van der Waals surface area contributed by atoms with Crippen LogP contribution in [0, 0.1) is 5.82 Å². The van der Waals surface area contributed by atoms with Gasteiger partial charge in [-0.05, 0) is 18.6 Å². The molecule has 8 heteroatoms. The largest absolute Gasteiger partial charge is 0.381 e. The molecule has 2 heterocycles. The SMILES string of the molecule is CCCCCn1cnc2cc(-c3cnc(Cl)c(N)n3)c(F)cc2c1=O. The lowest BCUT2D eigenvalue weighted by Gasteiger charge is -2.09. The number of nitrogen functional groups attached to an aromatic ring is 1. The van der Waals surface area contributed by atoms with E-state index in [0.717, 1.165) is 19.3 Å². The number of nitrogens with zero attached hydrogens (tertiary/aromatic N) is 4. The number of hydrogen-bond donors (Lipinski definition) is 1. The second-order valence-corrected chi connectivity index (χ2v) is 6.09. The van der Waals surface area contributed by atoms with Crippen molar-refractivity contribution in [2.75, 3.05) is 5.73 Å². The van der Waals surface area contributed by atoms with E-state index in [9.17, 15) is 9.18 Å². The van der Waals surface area contributed by atoms with Crippen LogP contribution in [0.25, 0.3) is 22.2 Å². The van der Waals surface area contributed by atoms with Gasteiger partial charge in [-0.3, -0.25) is 9.36 Å². The number of halogens is 2. The van der Waals surface area contributed by atoms with E-state index in [4.69, 9.17) is 17.3 Å². The van der Waals surface area contributed by atoms with Crippen LogP contribution < -0.4 is 11.3 Å². The van der Waals surface area contributed by atoms with Gasteiger partial charge in [0.15, 0.2) is 11.0 Å². The Morgan fingerprint density at radius 1 is 1.28 bits per heavy atom. The molecule has 0 radical (unpaired) electrons. The number of unbranched alkanes of at least 4 members (excludes halogenated alkanes) is 2. The van der Waals surface area contributed by atoms with E-state index >= 15 is 0 Å². The number of hydrogen-bond acceptors (Lipinski definition) is 5. The summed E-state index contributed by atoms with van der Waals surface area (Å²) < 4.78 is 16.0. The normalized spacial score (nSPS) is 11.2. The number of aryl methyl sites for hydroxylation is 1. The first kappa shape index (κ1) is 17.3. The van der Waals surface area contributed by atoms with Crippen molar-refractivity contribution in [3.05, 3.63) is 46.0 Å². The predicted octanol–water partition coefficient (Wildman–Crippen LogP) is 3.42. The molecule has 2 N–H and O–H groups in total. The molecule has 0 spiro atoms. The Morgan fingerprint density at radius 2 is 2.08 bits per heavy atom. The van der Waals surface area contributed by atoms with Crippen molar-refractivity contribution in [2.45, 2.75) is 32.7 Å². The van der Waals surface area contributed by atoms with Crippen LogP contribution in [0.4, 0.5) is 10.2 Å². The molecule has 25 heavy (non-hydrogen) atoms. The van der Waals surface area contributed by atoms with Crippen molar-refractivity contribution in [3.63, 3.8) is 0 Å². The van der Waals surface area contributed by atoms with E-state index in [2.05, 4.69) is 21.9 Å². The monoisotopic (exact) mass is 361 g/mol. The van der Waals surface area contributed by atoms with Gasteiger partial charge < -0.3 is 5.73 Å². The molecule has 0 atom stereocenters. The van der Waals surface area contributed by atoms with Gasteiger partial charge in [-0.15, -0.1) is 0 Å². The van der Waals surface area contributed by atoms with Crippen LogP contribution in [0.5, 0.6) is 0 Å². The first-order valence-electron chi connectivity index (χ1n) is 7.98. The summed E-state index contributed by atoms with van der Waals surface area (Å²) in [7, 11) is 0. The fraction of sp³-hybridized carbons (Fsp3) is 0.294. The van der Waals surface area contributed by atoms with E-state index < -0.39 is 5.82 Å². The molecule has 3 aromatic rings. The number of rotatable bonds is 5. The number of anilines is 1. The molecule has 3 rings (SSSR count). The van der Waals surface area contributed by atoms with Crippen LogP contribution in [0.15, 0.2) is 29.5 Å². The minimum absolute atomic E-state index is 0.0120. The maximum atomic E-state index is 14.5. The van der Waals surface area contributed by atoms with Crippen LogP contribution >= 0.6 is 11.6 Å². The smallest absolute Gasteiger partial charge is 0.261 e. The topological polar surface area (TPSA) is 86.7 Å². The Labute approximate surface area is 148 Å². The lowest BCUT2D eigenvalue weighted by molar-refractivity contribution is 0.583. The summed E-state index contributed by atoms with van der Waals surface area (Å²) in [5.74, 6) is -0.577. The quantitative estimate of drug-likeness (QED) is 0.703. The minimum atomic E-state index is -0.589. The maximum Gasteiger partial charge on any atom is 0.261 e. The zero-order valence-electron chi connectivity index (χ0n) is 13.7.